The van der Waals surface area contributed by atoms with Crippen LogP contribution in [0.4, 0.5) is 0 Å². The highest BCUT2D eigenvalue weighted by Crippen LogP contribution is 2.19. The third-order valence-electron chi connectivity index (χ3n) is 3.28. The van der Waals surface area contributed by atoms with E-state index in [1.54, 1.807) is 6.20 Å². The predicted octanol–water partition coefficient (Wildman–Crippen LogP) is 0.845. The Morgan fingerprint density at radius 1 is 1.37 bits per heavy atom. The van der Waals surface area contributed by atoms with E-state index in [1.807, 2.05) is 19.1 Å². The minimum Gasteiger partial charge on any atom is -0.334 e. The maximum Gasteiger partial charge on any atom is 0.259 e. The number of hydrogen-bond acceptors (Lipinski definition) is 6. The maximum absolute atomic E-state index is 5.33. The van der Waals surface area contributed by atoms with E-state index < -0.39 is 0 Å². The van der Waals surface area contributed by atoms with E-state index in [4.69, 9.17) is 4.52 Å². The van der Waals surface area contributed by atoms with Gasteiger partial charge in [0, 0.05) is 38.1 Å². The summed E-state index contributed by atoms with van der Waals surface area (Å²) in [5.41, 5.74) is 1.81. The van der Waals surface area contributed by atoms with Gasteiger partial charge in [0.1, 0.15) is 0 Å². The lowest BCUT2D eigenvalue weighted by atomic mass is 10.2. The molecule has 1 N–H and O–H groups in total. The van der Waals surface area contributed by atoms with E-state index in [-0.39, 0.29) is 0 Å². The summed E-state index contributed by atoms with van der Waals surface area (Å²) in [6, 6.07) is 3.83. The van der Waals surface area contributed by atoms with Crippen LogP contribution in [0.25, 0.3) is 11.5 Å². The van der Waals surface area contributed by atoms with Crippen molar-refractivity contribution in [3.8, 4) is 11.5 Å². The van der Waals surface area contributed by atoms with Crippen LogP contribution in [0.3, 0.4) is 0 Å². The summed E-state index contributed by atoms with van der Waals surface area (Å²) in [5, 5.41) is 7.38. The van der Waals surface area contributed by atoms with E-state index in [2.05, 4.69) is 25.3 Å². The minimum absolute atomic E-state index is 0.552. The van der Waals surface area contributed by atoms with Crippen molar-refractivity contribution in [1.82, 2.24) is 25.3 Å². The lowest BCUT2D eigenvalue weighted by Gasteiger charge is -2.25. The first-order valence-electron chi connectivity index (χ1n) is 6.50. The molecule has 3 rings (SSSR count). The summed E-state index contributed by atoms with van der Waals surface area (Å²) < 4.78 is 5.33. The third kappa shape index (κ3) is 2.80. The van der Waals surface area contributed by atoms with Crippen molar-refractivity contribution >= 4 is 0 Å². The van der Waals surface area contributed by atoms with Gasteiger partial charge in [-0.1, -0.05) is 5.16 Å². The van der Waals surface area contributed by atoms with Crippen molar-refractivity contribution in [3.63, 3.8) is 0 Å². The molecule has 1 fully saturated rings. The molecule has 0 saturated carbocycles. The van der Waals surface area contributed by atoms with Crippen molar-refractivity contribution in [1.29, 1.82) is 0 Å². The predicted molar refractivity (Wildman–Crippen MR) is 70.4 cm³/mol. The quantitative estimate of drug-likeness (QED) is 0.881. The van der Waals surface area contributed by atoms with Gasteiger partial charge in [-0.3, -0.25) is 9.88 Å². The highest BCUT2D eigenvalue weighted by atomic mass is 16.5. The molecular weight excluding hydrogens is 242 g/mol. The SMILES string of the molecule is Cc1ncccc1-c1nc(CN2CCNCC2)no1. The van der Waals surface area contributed by atoms with Crippen molar-refractivity contribution in [2.24, 2.45) is 0 Å². The molecule has 0 aliphatic carbocycles. The van der Waals surface area contributed by atoms with Crippen LogP contribution < -0.4 is 5.32 Å². The molecular formula is C13H17N5O. The van der Waals surface area contributed by atoms with Crippen molar-refractivity contribution < 1.29 is 4.52 Å². The summed E-state index contributed by atoms with van der Waals surface area (Å²) in [6.07, 6.45) is 1.76. The van der Waals surface area contributed by atoms with Crippen LogP contribution in [0.2, 0.25) is 0 Å². The smallest absolute Gasteiger partial charge is 0.259 e. The zero-order valence-electron chi connectivity index (χ0n) is 11.0. The molecule has 1 aliphatic rings. The Morgan fingerprint density at radius 3 is 3.00 bits per heavy atom. The van der Waals surface area contributed by atoms with Gasteiger partial charge in [0.25, 0.3) is 5.89 Å². The molecule has 100 valence electrons. The number of pyridine rings is 1. The Balaban J connectivity index is 1.74. The van der Waals surface area contributed by atoms with Gasteiger partial charge in [0.15, 0.2) is 5.82 Å². The summed E-state index contributed by atoms with van der Waals surface area (Å²) in [4.78, 5) is 11.0. The molecule has 19 heavy (non-hydrogen) atoms. The zero-order chi connectivity index (χ0) is 13.1. The normalized spacial score (nSPS) is 16.7. The summed E-state index contributed by atoms with van der Waals surface area (Å²) >= 11 is 0. The molecule has 0 bridgehead atoms. The van der Waals surface area contributed by atoms with Crippen LogP contribution in [-0.4, -0.2) is 46.2 Å². The molecule has 6 heteroatoms. The summed E-state index contributed by atoms with van der Waals surface area (Å²) in [6.45, 7) is 6.77. The average molecular weight is 259 g/mol. The molecule has 2 aromatic rings. The molecule has 0 radical (unpaired) electrons. The number of hydrogen-bond donors (Lipinski definition) is 1. The molecule has 0 spiro atoms. The minimum atomic E-state index is 0.552. The molecule has 6 nitrogen and oxygen atoms in total. The standard InChI is InChI=1S/C13H17N5O/c1-10-11(3-2-4-15-10)13-16-12(17-19-13)9-18-7-5-14-6-8-18/h2-4,14H,5-9H2,1H3. The highest BCUT2D eigenvalue weighted by Gasteiger charge is 2.15. The monoisotopic (exact) mass is 259 g/mol. The number of piperazine rings is 1. The van der Waals surface area contributed by atoms with E-state index >= 15 is 0 Å². The van der Waals surface area contributed by atoms with Crippen LogP contribution in [-0.2, 0) is 6.54 Å². The van der Waals surface area contributed by atoms with Crippen molar-refractivity contribution in [2.45, 2.75) is 13.5 Å². The van der Waals surface area contributed by atoms with E-state index in [1.165, 1.54) is 0 Å². The lowest BCUT2D eigenvalue weighted by Crippen LogP contribution is -2.43. The Hall–Kier alpha value is -1.79. The van der Waals surface area contributed by atoms with Gasteiger partial charge in [0.2, 0.25) is 0 Å². The first-order chi connectivity index (χ1) is 9.33. The first-order valence-corrected chi connectivity index (χ1v) is 6.50. The average Bonchev–Trinajstić information content (AvgIpc) is 2.89. The van der Waals surface area contributed by atoms with E-state index in [9.17, 15) is 0 Å². The largest absolute Gasteiger partial charge is 0.334 e. The molecule has 1 aliphatic heterocycles. The topological polar surface area (TPSA) is 67.1 Å². The number of aryl methyl sites for hydroxylation is 1. The second kappa shape index (κ2) is 5.46. The third-order valence-corrected chi connectivity index (χ3v) is 3.28. The molecule has 0 aromatic carbocycles. The molecule has 3 heterocycles. The number of aromatic nitrogens is 3. The fraction of sp³-hybridized carbons (Fsp3) is 0.462. The van der Waals surface area contributed by atoms with Crippen LogP contribution in [0.15, 0.2) is 22.9 Å². The fourth-order valence-electron chi connectivity index (χ4n) is 2.21. The Morgan fingerprint density at radius 2 is 2.21 bits per heavy atom. The van der Waals surface area contributed by atoms with Gasteiger partial charge in [-0.05, 0) is 19.1 Å². The summed E-state index contributed by atoms with van der Waals surface area (Å²) in [5.74, 6) is 1.29. The second-order valence-electron chi connectivity index (χ2n) is 4.68. The molecule has 0 unspecified atom stereocenters. The number of rotatable bonds is 3. The molecule has 2 aromatic heterocycles. The van der Waals surface area contributed by atoms with Gasteiger partial charge in [-0.15, -0.1) is 0 Å². The fourth-order valence-corrected chi connectivity index (χ4v) is 2.21. The summed E-state index contributed by atoms with van der Waals surface area (Å²) in [7, 11) is 0. The van der Waals surface area contributed by atoms with Crippen LogP contribution in [0, 0.1) is 6.92 Å². The zero-order valence-corrected chi connectivity index (χ0v) is 11.0. The van der Waals surface area contributed by atoms with Gasteiger partial charge >= 0.3 is 0 Å². The second-order valence-corrected chi connectivity index (χ2v) is 4.68. The van der Waals surface area contributed by atoms with Gasteiger partial charge in [0.05, 0.1) is 12.1 Å². The lowest BCUT2D eigenvalue weighted by molar-refractivity contribution is 0.225. The maximum atomic E-state index is 5.33. The van der Waals surface area contributed by atoms with E-state index in [0.717, 1.165) is 49.8 Å². The molecule has 0 atom stereocenters. The Kier molecular flexibility index (Phi) is 3.52. The Bertz CT molecular complexity index is 547. The first kappa shape index (κ1) is 12.3. The van der Waals surface area contributed by atoms with Gasteiger partial charge in [-0.25, -0.2) is 0 Å². The molecule has 1 saturated heterocycles. The van der Waals surface area contributed by atoms with Crippen LogP contribution >= 0.6 is 0 Å². The molecule has 0 amide bonds. The number of nitrogens with zero attached hydrogens (tertiary/aromatic N) is 4. The van der Waals surface area contributed by atoms with Gasteiger partial charge < -0.3 is 9.84 Å². The number of nitrogens with one attached hydrogen (secondary N) is 1. The Labute approximate surface area is 111 Å². The van der Waals surface area contributed by atoms with Crippen LogP contribution in [0.1, 0.15) is 11.5 Å². The van der Waals surface area contributed by atoms with Gasteiger partial charge in [-0.2, -0.15) is 4.98 Å². The van der Waals surface area contributed by atoms with Crippen molar-refractivity contribution in [2.75, 3.05) is 26.2 Å². The van der Waals surface area contributed by atoms with Crippen molar-refractivity contribution in [3.05, 3.63) is 29.8 Å². The highest BCUT2D eigenvalue weighted by molar-refractivity contribution is 5.55. The van der Waals surface area contributed by atoms with Crippen LogP contribution in [0.5, 0.6) is 0 Å². The van der Waals surface area contributed by atoms with E-state index in [0.29, 0.717) is 5.89 Å².